The lowest BCUT2D eigenvalue weighted by molar-refractivity contribution is 0.563. The van der Waals surface area contributed by atoms with Gasteiger partial charge in [0.25, 0.3) is 0 Å². The van der Waals surface area contributed by atoms with Crippen molar-refractivity contribution in [3.63, 3.8) is 0 Å². The van der Waals surface area contributed by atoms with E-state index in [1.54, 1.807) is 60.7 Å². The van der Waals surface area contributed by atoms with Crippen LogP contribution in [0.4, 0.5) is 10.2 Å². The van der Waals surface area contributed by atoms with Gasteiger partial charge in [-0.2, -0.15) is 15.6 Å². The topological polar surface area (TPSA) is 104 Å². The maximum absolute atomic E-state index is 14.3. The fourth-order valence-electron chi connectivity index (χ4n) is 4.45. The van der Waals surface area contributed by atoms with Crippen LogP contribution in [0.25, 0.3) is 40.0 Å². The second kappa shape index (κ2) is 11.9. The second-order valence-corrected chi connectivity index (χ2v) is 9.61. The van der Waals surface area contributed by atoms with E-state index in [2.05, 4.69) is 22.2 Å². The van der Waals surface area contributed by atoms with Crippen LogP contribution in [0.15, 0.2) is 117 Å². The zero-order chi connectivity index (χ0) is 29.8. The van der Waals surface area contributed by atoms with E-state index in [1.165, 1.54) is 23.0 Å². The summed E-state index contributed by atoms with van der Waals surface area (Å²) in [5, 5.41) is 25.5. The van der Waals surface area contributed by atoms with Crippen molar-refractivity contribution < 1.29 is 13.2 Å². The third-order valence-corrected chi connectivity index (χ3v) is 6.81. The standard InChI is InChI=1S/C34H19ClFN5O2/c35-29-12-6-4-10-26(29)31-16-14-24(42-31)18-22(19-37)33-28(20-38)34(41(40-33)23-8-2-1-3-9-23)39-21-25-15-17-32(43-25)27-11-5-7-13-30(27)36/h1-18,21H/b22-18+,39-21?. The van der Waals surface area contributed by atoms with Gasteiger partial charge in [0.05, 0.1) is 28.1 Å². The molecule has 3 aromatic heterocycles. The highest BCUT2D eigenvalue weighted by Crippen LogP contribution is 2.33. The Balaban J connectivity index is 1.41. The van der Waals surface area contributed by atoms with E-state index in [0.717, 1.165) is 0 Å². The average Bonchev–Trinajstić information content (AvgIpc) is 3.78. The van der Waals surface area contributed by atoms with Crippen molar-refractivity contribution in [2.75, 3.05) is 0 Å². The summed E-state index contributed by atoms with van der Waals surface area (Å²) in [6.07, 6.45) is 2.93. The van der Waals surface area contributed by atoms with Crippen LogP contribution < -0.4 is 0 Å². The first-order valence-corrected chi connectivity index (χ1v) is 13.4. The number of rotatable bonds is 7. The SMILES string of the molecule is N#C/C(=C\c1ccc(-c2ccccc2Cl)o1)c1nn(-c2ccccc2)c(N=Cc2ccc(-c3ccccc3F)o2)c1C#N. The molecular formula is C34H19ClFN5O2. The summed E-state index contributed by atoms with van der Waals surface area (Å²) < 4.78 is 27.5. The van der Waals surface area contributed by atoms with E-state index in [9.17, 15) is 14.9 Å². The van der Waals surface area contributed by atoms with Crippen molar-refractivity contribution in [2.45, 2.75) is 0 Å². The number of nitrogens with zero attached hydrogens (tertiary/aromatic N) is 5. The van der Waals surface area contributed by atoms with Crippen LogP contribution in [0.1, 0.15) is 22.8 Å². The molecule has 0 radical (unpaired) electrons. The molecule has 3 aromatic carbocycles. The summed E-state index contributed by atoms with van der Waals surface area (Å²) >= 11 is 6.31. The Kier molecular flexibility index (Phi) is 7.52. The van der Waals surface area contributed by atoms with Crippen molar-refractivity contribution in [1.29, 1.82) is 10.5 Å². The third-order valence-electron chi connectivity index (χ3n) is 6.48. The predicted octanol–water partition coefficient (Wildman–Crippen LogP) is 8.87. The minimum absolute atomic E-state index is 0.0756. The first-order valence-electron chi connectivity index (χ1n) is 13.0. The van der Waals surface area contributed by atoms with Crippen LogP contribution in [0, 0.1) is 28.5 Å². The quantitative estimate of drug-likeness (QED) is 0.138. The zero-order valence-corrected chi connectivity index (χ0v) is 23.0. The molecular weight excluding hydrogens is 565 g/mol. The fraction of sp³-hybridized carbons (Fsp3) is 0. The van der Waals surface area contributed by atoms with Crippen LogP contribution in [-0.2, 0) is 0 Å². The first kappa shape index (κ1) is 27.2. The number of allylic oxidation sites excluding steroid dienone is 1. The van der Waals surface area contributed by atoms with E-state index in [4.69, 9.17) is 20.4 Å². The number of aliphatic imine (C=N–C) groups is 1. The van der Waals surface area contributed by atoms with Crippen molar-refractivity contribution in [2.24, 2.45) is 4.99 Å². The zero-order valence-electron chi connectivity index (χ0n) is 22.3. The summed E-state index contributed by atoms with van der Waals surface area (Å²) in [7, 11) is 0. The van der Waals surface area contributed by atoms with Crippen molar-refractivity contribution in [1.82, 2.24) is 9.78 Å². The van der Waals surface area contributed by atoms with Gasteiger partial charge in [0.15, 0.2) is 5.82 Å². The minimum atomic E-state index is -0.412. The molecule has 0 unspecified atom stereocenters. The van der Waals surface area contributed by atoms with Crippen molar-refractivity contribution >= 4 is 35.3 Å². The molecule has 0 saturated carbocycles. The van der Waals surface area contributed by atoms with Gasteiger partial charge < -0.3 is 8.83 Å². The van der Waals surface area contributed by atoms with Crippen LogP contribution >= 0.6 is 11.6 Å². The third kappa shape index (κ3) is 5.51. The monoisotopic (exact) mass is 583 g/mol. The molecule has 0 spiro atoms. The summed E-state index contributed by atoms with van der Waals surface area (Å²) in [6, 6.07) is 33.7. The first-order chi connectivity index (χ1) is 21.1. The van der Waals surface area contributed by atoms with Crippen LogP contribution in [0.5, 0.6) is 0 Å². The molecule has 0 N–H and O–H groups in total. The highest BCUT2D eigenvalue weighted by atomic mass is 35.5. The number of halogens is 2. The van der Waals surface area contributed by atoms with Gasteiger partial charge in [-0.15, -0.1) is 0 Å². The molecule has 0 saturated heterocycles. The number of hydrogen-bond acceptors (Lipinski definition) is 6. The van der Waals surface area contributed by atoms with Gasteiger partial charge in [-0.1, -0.05) is 54.1 Å². The van der Waals surface area contributed by atoms with Crippen molar-refractivity contribution in [3.05, 3.63) is 137 Å². The Labute approximate surface area is 250 Å². The van der Waals surface area contributed by atoms with Crippen LogP contribution in [-0.4, -0.2) is 16.0 Å². The van der Waals surface area contributed by atoms with E-state index < -0.39 is 5.82 Å². The molecule has 7 nitrogen and oxygen atoms in total. The fourth-order valence-corrected chi connectivity index (χ4v) is 4.68. The summed E-state index contributed by atoms with van der Waals surface area (Å²) in [5.41, 5.74) is 1.95. The number of aromatic nitrogens is 2. The number of furan rings is 2. The van der Waals surface area contributed by atoms with Gasteiger partial charge >= 0.3 is 0 Å². The molecule has 0 amide bonds. The van der Waals surface area contributed by atoms with Crippen LogP contribution in [0.2, 0.25) is 5.02 Å². The number of hydrogen-bond donors (Lipinski definition) is 0. The maximum atomic E-state index is 14.3. The molecule has 0 fully saturated rings. The average molecular weight is 584 g/mol. The molecule has 0 aliphatic heterocycles. The number of para-hydroxylation sites is 1. The van der Waals surface area contributed by atoms with E-state index in [0.29, 0.717) is 44.9 Å². The summed E-state index contributed by atoms with van der Waals surface area (Å²) in [4.78, 5) is 4.54. The highest BCUT2D eigenvalue weighted by Gasteiger charge is 2.22. The smallest absolute Gasteiger partial charge is 0.174 e. The number of benzene rings is 3. The maximum Gasteiger partial charge on any atom is 0.174 e. The lowest BCUT2D eigenvalue weighted by atomic mass is 10.1. The van der Waals surface area contributed by atoms with Gasteiger partial charge in [-0.3, -0.25) is 0 Å². The van der Waals surface area contributed by atoms with Gasteiger partial charge in [0.1, 0.15) is 52.3 Å². The highest BCUT2D eigenvalue weighted by molar-refractivity contribution is 6.33. The second-order valence-electron chi connectivity index (χ2n) is 9.20. The largest absolute Gasteiger partial charge is 0.457 e. The molecule has 3 heterocycles. The van der Waals surface area contributed by atoms with Gasteiger partial charge in [-0.25, -0.2) is 14.1 Å². The molecule has 206 valence electrons. The molecule has 0 atom stereocenters. The Bertz CT molecular complexity index is 2090. The molecule has 6 aromatic rings. The van der Waals surface area contributed by atoms with E-state index in [-0.39, 0.29) is 22.6 Å². The summed E-state index contributed by atoms with van der Waals surface area (Å²) in [6.45, 7) is 0. The molecule has 9 heteroatoms. The van der Waals surface area contributed by atoms with Crippen molar-refractivity contribution in [3.8, 4) is 40.5 Å². The molecule has 6 rings (SSSR count). The normalized spacial score (nSPS) is 11.5. The van der Waals surface area contributed by atoms with Crippen LogP contribution in [0.3, 0.4) is 0 Å². The predicted molar refractivity (Wildman–Crippen MR) is 162 cm³/mol. The molecule has 0 aliphatic carbocycles. The Morgan fingerprint density at radius 2 is 1.47 bits per heavy atom. The van der Waals surface area contributed by atoms with Gasteiger partial charge in [-0.05, 0) is 60.7 Å². The van der Waals surface area contributed by atoms with E-state index >= 15 is 0 Å². The lowest BCUT2D eigenvalue weighted by Crippen LogP contribution is -1.96. The minimum Gasteiger partial charge on any atom is -0.457 e. The van der Waals surface area contributed by atoms with E-state index in [1.807, 2.05) is 36.4 Å². The summed E-state index contributed by atoms with van der Waals surface area (Å²) in [5.74, 6) is 1.36. The Morgan fingerprint density at radius 3 is 2.19 bits per heavy atom. The Hall–Kier alpha value is -5.96. The Morgan fingerprint density at radius 1 is 0.814 bits per heavy atom. The van der Waals surface area contributed by atoms with Gasteiger partial charge in [0, 0.05) is 11.6 Å². The molecule has 0 bridgehead atoms. The molecule has 43 heavy (non-hydrogen) atoms. The number of nitriles is 2. The van der Waals surface area contributed by atoms with Gasteiger partial charge in [0.2, 0.25) is 0 Å². The lowest BCUT2D eigenvalue weighted by Gasteiger charge is -2.03. The molecule has 0 aliphatic rings.